The largest absolute Gasteiger partial charge is 0.587 e. The summed E-state index contributed by atoms with van der Waals surface area (Å²) in [5.74, 6) is 1.57. The molecular weight excluding hydrogens is 419 g/mol. The van der Waals surface area contributed by atoms with E-state index in [0.29, 0.717) is 17.4 Å². The standard InChI is InChI=1S/C27H31O4P/c28-32(30-25-17-6-2-7-18-25,31-26-19-8-3-9-20-26)29-22-12-16-24-15-10-11-21-27(24)23-13-4-1-5-14-23/h2-3,6-11,15,17-21,23H,1,4-5,12-14,16,22H2. The third kappa shape index (κ3) is 6.48. The van der Waals surface area contributed by atoms with Gasteiger partial charge in [-0.05, 0) is 67.0 Å². The molecule has 0 N–H and O–H groups in total. The normalized spacial score (nSPS) is 14.8. The molecule has 1 saturated carbocycles. The highest BCUT2D eigenvalue weighted by molar-refractivity contribution is 7.49. The van der Waals surface area contributed by atoms with Crippen molar-refractivity contribution in [1.82, 2.24) is 0 Å². The van der Waals surface area contributed by atoms with Crippen LogP contribution in [-0.4, -0.2) is 6.61 Å². The third-order valence-electron chi connectivity index (χ3n) is 5.86. The first-order valence-corrected chi connectivity index (χ1v) is 13.0. The number of hydrogen-bond acceptors (Lipinski definition) is 4. The lowest BCUT2D eigenvalue weighted by molar-refractivity contribution is 0.207. The molecule has 3 aromatic carbocycles. The van der Waals surface area contributed by atoms with Crippen molar-refractivity contribution in [2.75, 3.05) is 6.61 Å². The molecule has 5 heteroatoms. The number of aryl methyl sites for hydroxylation is 1. The summed E-state index contributed by atoms with van der Waals surface area (Å²) in [6.07, 6.45) is 8.16. The van der Waals surface area contributed by atoms with E-state index in [1.54, 1.807) is 24.3 Å². The molecule has 0 amide bonds. The number of phosphoric acid groups is 1. The summed E-state index contributed by atoms with van der Waals surface area (Å²) < 4.78 is 30.5. The van der Waals surface area contributed by atoms with Crippen molar-refractivity contribution in [1.29, 1.82) is 0 Å². The van der Waals surface area contributed by atoms with Crippen molar-refractivity contribution in [2.24, 2.45) is 0 Å². The molecule has 0 bridgehead atoms. The van der Waals surface area contributed by atoms with Crippen LogP contribution >= 0.6 is 7.82 Å². The fourth-order valence-electron chi connectivity index (χ4n) is 4.30. The van der Waals surface area contributed by atoms with Crippen LogP contribution in [0, 0.1) is 0 Å². The van der Waals surface area contributed by atoms with Gasteiger partial charge in [0.25, 0.3) is 0 Å². The molecule has 0 radical (unpaired) electrons. The molecule has 0 saturated heterocycles. The summed E-state index contributed by atoms with van der Waals surface area (Å²) in [7, 11) is -3.82. The Labute approximate surface area is 191 Å². The van der Waals surface area contributed by atoms with Crippen molar-refractivity contribution in [3.63, 3.8) is 0 Å². The first-order chi connectivity index (χ1) is 15.7. The molecule has 168 valence electrons. The van der Waals surface area contributed by atoms with Crippen LogP contribution in [0.2, 0.25) is 0 Å². The molecule has 4 nitrogen and oxygen atoms in total. The maximum absolute atomic E-state index is 13.4. The van der Waals surface area contributed by atoms with Gasteiger partial charge in [-0.1, -0.05) is 79.9 Å². The summed E-state index contributed by atoms with van der Waals surface area (Å²) in [5, 5.41) is 0. The third-order valence-corrected chi connectivity index (χ3v) is 7.23. The summed E-state index contributed by atoms with van der Waals surface area (Å²) >= 11 is 0. The Hall–Kier alpha value is -2.55. The van der Waals surface area contributed by atoms with Gasteiger partial charge in [0.1, 0.15) is 11.5 Å². The Morgan fingerprint density at radius 3 is 1.91 bits per heavy atom. The van der Waals surface area contributed by atoms with Crippen LogP contribution < -0.4 is 9.05 Å². The number of benzene rings is 3. The highest BCUT2D eigenvalue weighted by atomic mass is 31.2. The van der Waals surface area contributed by atoms with E-state index in [-0.39, 0.29) is 6.61 Å². The molecular formula is C27H31O4P. The molecule has 0 spiro atoms. The van der Waals surface area contributed by atoms with E-state index in [1.165, 1.54) is 43.2 Å². The number of para-hydroxylation sites is 2. The van der Waals surface area contributed by atoms with E-state index >= 15 is 0 Å². The summed E-state index contributed by atoms with van der Waals surface area (Å²) in [6, 6.07) is 26.7. The zero-order valence-electron chi connectivity index (χ0n) is 18.4. The van der Waals surface area contributed by atoms with Crippen LogP contribution in [0.1, 0.15) is 55.6 Å². The molecule has 0 unspecified atom stereocenters. The zero-order chi connectivity index (χ0) is 22.1. The van der Waals surface area contributed by atoms with E-state index < -0.39 is 7.82 Å². The van der Waals surface area contributed by atoms with Gasteiger partial charge in [-0.3, -0.25) is 4.52 Å². The second-order valence-corrected chi connectivity index (χ2v) is 9.74. The minimum Gasteiger partial charge on any atom is -0.395 e. The Bertz CT molecular complexity index is 955. The van der Waals surface area contributed by atoms with E-state index in [2.05, 4.69) is 24.3 Å². The highest BCUT2D eigenvalue weighted by Gasteiger charge is 2.30. The lowest BCUT2D eigenvalue weighted by Gasteiger charge is -2.24. The predicted octanol–water partition coefficient (Wildman–Crippen LogP) is 7.95. The van der Waals surface area contributed by atoms with Gasteiger partial charge in [0.15, 0.2) is 0 Å². The fraction of sp³-hybridized carbons (Fsp3) is 0.333. The SMILES string of the molecule is O=P(OCCCc1ccccc1C1CCCCC1)(Oc1ccccc1)Oc1ccccc1. The average molecular weight is 451 g/mol. The summed E-state index contributed by atoms with van der Waals surface area (Å²) in [5.41, 5.74) is 2.84. The predicted molar refractivity (Wildman–Crippen MR) is 128 cm³/mol. The maximum atomic E-state index is 13.4. The van der Waals surface area contributed by atoms with Crippen LogP contribution in [0.15, 0.2) is 84.9 Å². The van der Waals surface area contributed by atoms with Gasteiger partial charge in [-0.15, -0.1) is 0 Å². The summed E-state index contributed by atoms with van der Waals surface area (Å²) in [4.78, 5) is 0. The molecule has 0 aliphatic heterocycles. The van der Waals surface area contributed by atoms with Crippen molar-refractivity contribution >= 4 is 7.82 Å². The minimum atomic E-state index is -3.82. The topological polar surface area (TPSA) is 44.8 Å². The van der Waals surface area contributed by atoms with Gasteiger partial charge in [0.05, 0.1) is 6.61 Å². The Morgan fingerprint density at radius 2 is 1.28 bits per heavy atom. The smallest absolute Gasteiger partial charge is 0.395 e. The first kappa shape index (κ1) is 22.6. The molecule has 0 atom stereocenters. The lowest BCUT2D eigenvalue weighted by Crippen LogP contribution is -2.09. The van der Waals surface area contributed by atoms with Crippen LogP contribution in [0.25, 0.3) is 0 Å². The molecule has 1 aliphatic carbocycles. The maximum Gasteiger partial charge on any atom is 0.587 e. The molecule has 0 heterocycles. The number of phosphoric ester groups is 1. The summed E-state index contributed by atoms with van der Waals surface area (Å²) in [6.45, 7) is 0.288. The van der Waals surface area contributed by atoms with Gasteiger partial charge in [0.2, 0.25) is 0 Å². The monoisotopic (exact) mass is 450 g/mol. The molecule has 4 rings (SSSR count). The second-order valence-electron chi connectivity index (χ2n) is 8.23. The van der Waals surface area contributed by atoms with Gasteiger partial charge in [0, 0.05) is 0 Å². The molecule has 1 aliphatic rings. The Balaban J connectivity index is 1.39. The number of hydrogen-bond donors (Lipinski definition) is 0. The minimum absolute atomic E-state index is 0.288. The van der Waals surface area contributed by atoms with Gasteiger partial charge in [-0.2, -0.15) is 0 Å². The highest BCUT2D eigenvalue weighted by Crippen LogP contribution is 2.49. The second kappa shape index (κ2) is 11.4. The van der Waals surface area contributed by atoms with Crippen molar-refractivity contribution in [3.8, 4) is 11.5 Å². The van der Waals surface area contributed by atoms with Crippen LogP contribution in [0.4, 0.5) is 0 Å². The van der Waals surface area contributed by atoms with Gasteiger partial charge >= 0.3 is 7.82 Å². The van der Waals surface area contributed by atoms with Crippen LogP contribution in [0.3, 0.4) is 0 Å². The Kier molecular flexibility index (Phi) is 8.03. The van der Waals surface area contributed by atoms with Crippen LogP contribution in [-0.2, 0) is 15.5 Å². The first-order valence-electron chi connectivity index (χ1n) is 11.5. The van der Waals surface area contributed by atoms with Crippen molar-refractivity contribution in [3.05, 3.63) is 96.1 Å². The quantitative estimate of drug-likeness (QED) is 0.232. The van der Waals surface area contributed by atoms with E-state index in [0.717, 1.165) is 12.8 Å². The number of rotatable bonds is 10. The molecule has 1 fully saturated rings. The Morgan fingerprint density at radius 1 is 0.719 bits per heavy atom. The van der Waals surface area contributed by atoms with Crippen molar-refractivity contribution in [2.45, 2.75) is 50.9 Å². The molecule has 32 heavy (non-hydrogen) atoms. The molecule has 3 aromatic rings. The van der Waals surface area contributed by atoms with Crippen molar-refractivity contribution < 1.29 is 18.1 Å². The van der Waals surface area contributed by atoms with E-state index in [1.807, 2.05) is 36.4 Å². The average Bonchev–Trinajstić information content (AvgIpc) is 2.84. The van der Waals surface area contributed by atoms with Gasteiger partial charge in [-0.25, -0.2) is 4.57 Å². The van der Waals surface area contributed by atoms with Gasteiger partial charge < -0.3 is 9.05 Å². The van der Waals surface area contributed by atoms with E-state index in [9.17, 15) is 4.57 Å². The van der Waals surface area contributed by atoms with Crippen LogP contribution in [0.5, 0.6) is 11.5 Å². The molecule has 0 aromatic heterocycles. The zero-order valence-corrected chi connectivity index (χ0v) is 19.3. The van der Waals surface area contributed by atoms with E-state index in [4.69, 9.17) is 13.6 Å². The lowest BCUT2D eigenvalue weighted by atomic mass is 9.81. The fourth-order valence-corrected chi connectivity index (χ4v) is 5.56.